The van der Waals surface area contributed by atoms with Crippen LogP contribution in [0.5, 0.6) is 5.75 Å². The van der Waals surface area contributed by atoms with Gasteiger partial charge < -0.3 is 20.4 Å². The van der Waals surface area contributed by atoms with Gasteiger partial charge in [-0.1, -0.05) is 48.0 Å². The number of aromatic nitrogens is 3. The van der Waals surface area contributed by atoms with Crippen molar-refractivity contribution in [1.29, 1.82) is 0 Å². The van der Waals surface area contributed by atoms with Crippen LogP contribution in [0.2, 0.25) is 5.02 Å². The smallest absolute Gasteiger partial charge is 0.217 e. The van der Waals surface area contributed by atoms with Gasteiger partial charge in [0.1, 0.15) is 23.8 Å². The number of rotatable bonds is 7. The quantitative estimate of drug-likeness (QED) is 0.420. The van der Waals surface area contributed by atoms with E-state index in [0.29, 0.717) is 29.6 Å². The van der Waals surface area contributed by atoms with E-state index < -0.39 is 0 Å². The van der Waals surface area contributed by atoms with Crippen molar-refractivity contribution in [2.24, 2.45) is 11.7 Å². The summed E-state index contributed by atoms with van der Waals surface area (Å²) in [5.74, 6) is 2.18. The molecule has 0 radical (unpaired) electrons. The predicted molar refractivity (Wildman–Crippen MR) is 129 cm³/mol. The number of hydrogen-bond donors (Lipinski definition) is 2. The fourth-order valence-electron chi connectivity index (χ4n) is 4.28. The second kappa shape index (κ2) is 9.11. The van der Waals surface area contributed by atoms with Crippen LogP contribution in [0.1, 0.15) is 18.5 Å². The zero-order valence-corrected chi connectivity index (χ0v) is 18.8. The molecule has 0 unspecified atom stereocenters. The van der Waals surface area contributed by atoms with Gasteiger partial charge in [0.15, 0.2) is 5.82 Å². The van der Waals surface area contributed by atoms with Crippen LogP contribution < -0.4 is 15.4 Å². The highest BCUT2D eigenvalue weighted by Crippen LogP contribution is 2.32. The van der Waals surface area contributed by atoms with Crippen molar-refractivity contribution in [3.63, 3.8) is 0 Å². The number of nitrogens with zero attached hydrogens (tertiary/aromatic N) is 3. The molecule has 2 aromatic heterocycles. The van der Waals surface area contributed by atoms with E-state index in [9.17, 15) is 4.79 Å². The van der Waals surface area contributed by atoms with Gasteiger partial charge in [-0.15, -0.1) is 0 Å². The molecule has 1 atom stereocenters. The predicted octanol–water partition coefficient (Wildman–Crippen LogP) is 4.56. The number of H-pyrrole nitrogens is 1. The summed E-state index contributed by atoms with van der Waals surface area (Å²) >= 11 is 6.06. The number of primary amides is 1. The Morgan fingerprint density at radius 1 is 1.15 bits per heavy atom. The standard InChI is InChI=1S/C25H24ClN5O2/c26-18-7-4-8-20(12-18)33-15-19-13-21-24(28-19)29-23(17-5-2-1-3-6-17)30-25(21)31-10-9-16(14-31)11-22(27)32/h1-8,12-13,16H,9-11,14-15H2,(H2,27,32)(H,28,29,30)/t16-/m0/s1. The van der Waals surface area contributed by atoms with Crippen LogP contribution in [0, 0.1) is 5.92 Å². The molecule has 1 saturated heterocycles. The molecular formula is C25H24ClN5O2. The first-order valence-electron chi connectivity index (χ1n) is 10.9. The van der Waals surface area contributed by atoms with Crippen molar-refractivity contribution in [2.45, 2.75) is 19.4 Å². The Bertz CT molecular complexity index is 1290. The summed E-state index contributed by atoms with van der Waals surface area (Å²) in [5, 5.41) is 1.56. The number of amides is 1. The van der Waals surface area contributed by atoms with Crippen LogP contribution in [-0.2, 0) is 11.4 Å². The van der Waals surface area contributed by atoms with Crippen molar-refractivity contribution >= 4 is 34.4 Å². The van der Waals surface area contributed by atoms with E-state index >= 15 is 0 Å². The molecule has 3 heterocycles. The van der Waals surface area contributed by atoms with Crippen LogP contribution in [0.25, 0.3) is 22.4 Å². The summed E-state index contributed by atoms with van der Waals surface area (Å²) in [5.41, 5.74) is 8.01. The summed E-state index contributed by atoms with van der Waals surface area (Å²) in [6.45, 7) is 1.90. The Balaban J connectivity index is 1.48. The molecule has 5 rings (SSSR count). The zero-order valence-electron chi connectivity index (χ0n) is 18.0. The first-order chi connectivity index (χ1) is 16.0. The number of halogens is 1. The molecule has 1 aliphatic heterocycles. The van der Waals surface area contributed by atoms with Gasteiger partial charge in [0.25, 0.3) is 0 Å². The molecule has 1 fully saturated rings. The SMILES string of the molecule is NC(=O)C[C@@H]1CCN(c2nc(-c3ccccc3)nc3[nH]c(COc4cccc(Cl)c4)cc23)C1. The summed E-state index contributed by atoms with van der Waals surface area (Å²) in [7, 11) is 0. The Labute approximate surface area is 196 Å². The number of anilines is 1. The minimum atomic E-state index is -0.262. The average molecular weight is 462 g/mol. The Hall–Kier alpha value is -3.58. The van der Waals surface area contributed by atoms with Gasteiger partial charge >= 0.3 is 0 Å². The van der Waals surface area contributed by atoms with Crippen molar-refractivity contribution in [2.75, 3.05) is 18.0 Å². The second-order valence-electron chi connectivity index (χ2n) is 8.31. The topological polar surface area (TPSA) is 97.1 Å². The summed E-state index contributed by atoms with van der Waals surface area (Å²) in [4.78, 5) is 26.7. The Morgan fingerprint density at radius 3 is 2.79 bits per heavy atom. The molecule has 0 spiro atoms. The lowest BCUT2D eigenvalue weighted by molar-refractivity contribution is -0.118. The number of benzene rings is 2. The van der Waals surface area contributed by atoms with Crippen molar-refractivity contribution in [3.8, 4) is 17.1 Å². The number of nitrogens with one attached hydrogen (secondary N) is 1. The summed E-state index contributed by atoms with van der Waals surface area (Å²) in [6.07, 6.45) is 1.30. The Kier molecular flexibility index (Phi) is 5.88. The summed E-state index contributed by atoms with van der Waals surface area (Å²) in [6, 6.07) is 19.3. The normalized spacial score (nSPS) is 15.8. The maximum Gasteiger partial charge on any atom is 0.217 e. The molecule has 3 N–H and O–H groups in total. The lowest BCUT2D eigenvalue weighted by Gasteiger charge is -2.19. The first-order valence-corrected chi connectivity index (χ1v) is 11.3. The first kappa shape index (κ1) is 21.3. The van der Waals surface area contributed by atoms with Crippen LogP contribution >= 0.6 is 11.6 Å². The number of ether oxygens (including phenoxy) is 1. The van der Waals surface area contributed by atoms with Crippen LogP contribution in [-0.4, -0.2) is 33.9 Å². The molecule has 33 heavy (non-hydrogen) atoms. The Morgan fingerprint density at radius 2 is 2.00 bits per heavy atom. The van der Waals surface area contributed by atoms with E-state index in [-0.39, 0.29) is 11.8 Å². The number of carbonyl (C=O) groups is 1. The summed E-state index contributed by atoms with van der Waals surface area (Å²) < 4.78 is 5.91. The third-order valence-corrected chi connectivity index (χ3v) is 6.06. The molecule has 2 aromatic carbocycles. The molecule has 8 heteroatoms. The molecule has 0 bridgehead atoms. The molecule has 0 aliphatic carbocycles. The van der Waals surface area contributed by atoms with E-state index in [4.69, 9.17) is 32.0 Å². The van der Waals surface area contributed by atoms with Gasteiger partial charge in [0.05, 0.1) is 11.1 Å². The van der Waals surface area contributed by atoms with Gasteiger partial charge in [0.2, 0.25) is 5.91 Å². The van der Waals surface area contributed by atoms with Gasteiger partial charge in [-0.05, 0) is 36.6 Å². The highest BCUT2D eigenvalue weighted by atomic mass is 35.5. The molecule has 168 valence electrons. The van der Waals surface area contributed by atoms with Gasteiger partial charge in [0, 0.05) is 30.1 Å². The van der Waals surface area contributed by atoms with Gasteiger partial charge in [-0.2, -0.15) is 0 Å². The number of carbonyl (C=O) groups excluding carboxylic acids is 1. The van der Waals surface area contributed by atoms with Crippen molar-refractivity contribution < 1.29 is 9.53 Å². The van der Waals surface area contributed by atoms with E-state index in [1.54, 1.807) is 6.07 Å². The molecular weight excluding hydrogens is 438 g/mol. The van der Waals surface area contributed by atoms with Crippen LogP contribution in [0.4, 0.5) is 5.82 Å². The minimum absolute atomic E-state index is 0.234. The van der Waals surface area contributed by atoms with Crippen LogP contribution in [0.15, 0.2) is 60.7 Å². The largest absolute Gasteiger partial charge is 0.487 e. The number of fused-ring (bicyclic) bond motifs is 1. The van der Waals surface area contributed by atoms with E-state index in [1.807, 2.05) is 54.6 Å². The third kappa shape index (κ3) is 4.78. The number of nitrogens with two attached hydrogens (primary N) is 1. The third-order valence-electron chi connectivity index (χ3n) is 5.82. The molecule has 4 aromatic rings. The maximum absolute atomic E-state index is 11.4. The number of hydrogen-bond acceptors (Lipinski definition) is 5. The fraction of sp³-hybridized carbons (Fsp3) is 0.240. The van der Waals surface area contributed by atoms with Gasteiger partial charge in [-0.3, -0.25) is 4.79 Å². The maximum atomic E-state index is 11.4. The molecule has 0 saturated carbocycles. The van der Waals surface area contributed by atoms with E-state index in [2.05, 4.69) is 9.88 Å². The number of aromatic amines is 1. The minimum Gasteiger partial charge on any atom is -0.487 e. The van der Waals surface area contributed by atoms with Gasteiger partial charge in [-0.25, -0.2) is 9.97 Å². The average Bonchev–Trinajstić information content (AvgIpc) is 3.44. The highest BCUT2D eigenvalue weighted by Gasteiger charge is 2.27. The van der Waals surface area contributed by atoms with Crippen LogP contribution in [0.3, 0.4) is 0 Å². The lowest BCUT2D eigenvalue weighted by atomic mass is 10.1. The fourth-order valence-corrected chi connectivity index (χ4v) is 4.46. The highest BCUT2D eigenvalue weighted by molar-refractivity contribution is 6.30. The van der Waals surface area contributed by atoms with E-state index in [0.717, 1.165) is 47.6 Å². The molecule has 7 nitrogen and oxygen atoms in total. The van der Waals surface area contributed by atoms with E-state index in [1.165, 1.54) is 0 Å². The van der Waals surface area contributed by atoms with Crippen molar-refractivity contribution in [1.82, 2.24) is 15.0 Å². The monoisotopic (exact) mass is 461 g/mol. The zero-order chi connectivity index (χ0) is 22.8. The molecule has 1 aliphatic rings. The lowest BCUT2D eigenvalue weighted by Crippen LogP contribution is -2.23. The van der Waals surface area contributed by atoms with Crippen molar-refractivity contribution in [3.05, 3.63) is 71.4 Å². The molecule has 1 amide bonds. The second-order valence-corrected chi connectivity index (χ2v) is 8.75.